The summed E-state index contributed by atoms with van der Waals surface area (Å²) in [5, 5.41) is 49.8. The molecule has 1 aliphatic rings. The van der Waals surface area contributed by atoms with Gasteiger partial charge in [0.2, 0.25) is 23.6 Å². The molecule has 4 amide bonds. The van der Waals surface area contributed by atoms with Crippen molar-refractivity contribution in [2.75, 3.05) is 18.5 Å². The molecule has 0 aromatic heterocycles. The van der Waals surface area contributed by atoms with Crippen LogP contribution in [-0.4, -0.2) is 93.3 Å². The van der Waals surface area contributed by atoms with Crippen LogP contribution in [0.25, 0.3) is 0 Å². The van der Waals surface area contributed by atoms with E-state index in [9.17, 15) is 39.3 Å². The van der Waals surface area contributed by atoms with Crippen LogP contribution in [-0.2, 0) is 19.2 Å². The zero-order valence-corrected chi connectivity index (χ0v) is 19.0. The van der Waals surface area contributed by atoms with E-state index in [1.54, 1.807) is 0 Å². The molecule has 192 valence electrons. The normalized spacial score (nSPS) is 27.3. The Balaban J connectivity index is 2.57. The first-order valence-electron chi connectivity index (χ1n) is 10.7. The number of aliphatic hydroxyl groups is 3. The third-order valence-electron chi connectivity index (χ3n) is 5.47. The van der Waals surface area contributed by atoms with Crippen molar-refractivity contribution in [1.29, 1.82) is 0 Å². The standard InChI is InChI=1S/C21H29N5O9/c1-8-16(30)15(26-21(35)12(22)7-27)18(32)17(31)11-4-3-10(28)5-13(11)25-20(34)9(2)24-14(29)6-23-19(8)33/h3-5,8-9,12,15-16,18,27-28,30,32H,6-7,22H2,1-2H3,(H,23,33)(H,24,29)(H,25,34)(H,26,35)/t8-,9+,12-,15+,16-,18-/m0/s1. The van der Waals surface area contributed by atoms with E-state index in [4.69, 9.17) is 10.8 Å². The van der Waals surface area contributed by atoms with Crippen LogP contribution in [0.3, 0.4) is 0 Å². The van der Waals surface area contributed by atoms with Crippen LogP contribution in [0.15, 0.2) is 18.2 Å². The molecule has 1 heterocycles. The van der Waals surface area contributed by atoms with Gasteiger partial charge in [-0.2, -0.15) is 0 Å². The van der Waals surface area contributed by atoms with Crippen LogP contribution in [0.5, 0.6) is 5.75 Å². The summed E-state index contributed by atoms with van der Waals surface area (Å²) in [6.45, 7) is 1.24. The SMILES string of the molecule is C[C@@H]1C(=O)NCC(=O)N[C@H](C)C(=O)Nc2cc(O)ccc2C(=O)[C@@H](O)[C@H](NC(=O)[C@@H](N)CO)[C@H]1O. The minimum Gasteiger partial charge on any atom is -0.508 e. The van der Waals surface area contributed by atoms with Gasteiger partial charge in [-0.25, -0.2) is 0 Å². The maximum Gasteiger partial charge on any atom is 0.246 e. The first kappa shape index (κ1) is 27.7. The lowest BCUT2D eigenvalue weighted by molar-refractivity contribution is -0.134. The van der Waals surface area contributed by atoms with E-state index in [0.717, 1.165) is 18.2 Å². The van der Waals surface area contributed by atoms with E-state index >= 15 is 0 Å². The fourth-order valence-electron chi connectivity index (χ4n) is 3.27. The second kappa shape index (κ2) is 11.7. The highest BCUT2D eigenvalue weighted by molar-refractivity contribution is 6.08. The molecule has 0 spiro atoms. The summed E-state index contributed by atoms with van der Waals surface area (Å²) in [5.74, 6) is -6.15. The molecule has 0 unspecified atom stereocenters. The molecule has 0 bridgehead atoms. The number of anilines is 1. The first-order chi connectivity index (χ1) is 16.4. The fourth-order valence-corrected chi connectivity index (χ4v) is 3.27. The Morgan fingerprint density at radius 1 is 1.17 bits per heavy atom. The molecular formula is C21H29N5O9. The monoisotopic (exact) mass is 495 g/mol. The van der Waals surface area contributed by atoms with Gasteiger partial charge in [0.15, 0.2) is 5.78 Å². The average molecular weight is 495 g/mol. The largest absolute Gasteiger partial charge is 0.508 e. The molecule has 6 atom stereocenters. The number of nitrogens with one attached hydrogen (secondary N) is 4. The number of hydrogen-bond donors (Lipinski definition) is 9. The first-order valence-corrected chi connectivity index (χ1v) is 10.7. The van der Waals surface area contributed by atoms with Crippen LogP contribution < -0.4 is 27.0 Å². The van der Waals surface area contributed by atoms with Crippen molar-refractivity contribution in [3.8, 4) is 5.75 Å². The highest BCUT2D eigenvalue weighted by Gasteiger charge is 2.40. The zero-order valence-electron chi connectivity index (χ0n) is 19.0. The molecule has 1 aromatic carbocycles. The predicted molar refractivity (Wildman–Crippen MR) is 120 cm³/mol. The maximum atomic E-state index is 13.2. The molecule has 1 aliphatic heterocycles. The number of rotatable bonds is 3. The van der Waals surface area contributed by atoms with E-state index in [2.05, 4.69) is 21.3 Å². The van der Waals surface area contributed by atoms with Gasteiger partial charge in [-0.05, 0) is 19.1 Å². The van der Waals surface area contributed by atoms with Gasteiger partial charge in [-0.15, -0.1) is 0 Å². The molecule has 14 heteroatoms. The van der Waals surface area contributed by atoms with Gasteiger partial charge in [0, 0.05) is 11.6 Å². The summed E-state index contributed by atoms with van der Waals surface area (Å²) in [5.41, 5.74) is 4.96. The molecule has 0 saturated heterocycles. The number of hydrogen-bond acceptors (Lipinski definition) is 10. The lowest BCUT2D eigenvalue weighted by Crippen LogP contribution is -2.60. The second-order valence-corrected chi connectivity index (χ2v) is 8.14. The average Bonchev–Trinajstić information content (AvgIpc) is 2.82. The van der Waals surface area contributed by atoms with Crippen molar-refractivity contribution in [2.45, 2.75) is 44.2 Å². The van der Waals surface area contributed by atoms with Crippen molar-refractivity contribution in [3.63, 3.8) is 0 Å². The number of Topliss-reactive ketones (excluding diaryl/α,β-unsaturated/α-hetero) is 1. The number of ketones is 1. The minimum absolute atomic E-state index is 0.219. The summed E-state index contributed by atoms with van der Waals surface area (Å²) in [4.78, 5) is 62.7. The van der Waals surface area contributed by atoms with Crippen molar-refractivity contribution >= 4 is 35.1 Å². The molecule has 0 saturated carbocycles. The van der Waals surface area contributed by atoms with Gasteiger partial charge in [0.1, 0.15) is 23.9 Å². The summed E-state index contributed by atoms with van der Waals surface area (Å²) in [7, 11) is 0. The van der Waals surface area contributed by atoms with Crippen LogP contribution in [0, 0.1) is 5.92 Å². The molecule has 10 N–H and O–H groups in total. The Kier molecular flexibility index (Phi) is 9.25. The van der Waals surface area contributed by atoms with Crippen molar-refractivity contribution in [3.05, 3.63) is 23.8 Å². The van der Waals surface area contributed by atoms with Crippen molar-refractivity contribution in [2.24, 2.45) is 11.7 Å². The minimum atomic E-state index is -2.16. The molecular weight excluding hydrogens is 466 g/mol. The molecule has 0 aliphatic carbocycles. The fraction of sp³-hybridized carbons (Fsp3) is 0.476. The highest BCUT2D eigenvalue weighted by atomic mass is 16.3. The van der Waals surface area contributed by atoms with Gasteiger partial charge >= 0.3 is 0 Å². The van der Waals surface area contributed by atoms with Crippen molar-refractivity contribution in [1.82, 2.24) is 16.0 Å². The van der Waals surface area contributed by atoms with Crippen LogP contribution >= 0.6 is 0 Å². The Morgan fingerprint density at radius 3 is 2.46 bits per heavy atom. The summed E-state index contributed by atoms with van der Waals surface area (Å²) in [6.07, 6.45) is -4.01. The lowest BCUT2D eigenvalue weighted by Gasteiger charge is -2.31. The van der Waals surface area contributed by atoms with E-state index in [1.165, 1.54) is 13.8 Å². The Bertz CT molecular complexity index is 1000. The van der Waals surface area contributed by atoms with Gasteiger partial charge in [0.25, 0.3) is 0 Å². The summed E-state index contributed by atoms with van der Waals surface area (Å²) < 4.78 is 0. The molecule has 35 heavy (non-hydrogen) atoms. The van der Waals surface area contributed by atoms with Gasteiger partial charge in [0.05, 0.1) is 36.9 Å². The number of aromatic hydroxyl groups is 1. The van der Waals surface area contributed by atoms with E-state index in [1.807, 2.05) is 0 Å². The van der Waals surface area contributed by atoms with Gasteiger partial charge < -0.3 is 47.4 Å². The van der Waals surface area contributed by atoms with E-state index in [0.29, 0.717) is 0 Å². The van der Waals surface area contributed by atoms with E-state index in [-0.39, 0.29) is 17.0 Å². The topological polar surface area (TPSA) is 240 Å². The number of phenolic OH excluding ortho intramolecular Hbond substituents is 1. The molecule has 0 radical (unpaired) electrons. The van der Waals surface area contributed by atoms with Gasteiger partial charge in [-0.3, -0.25) is 24.0 Å². The third kappa shape index (κ3) is 6.73. The number of benzene rings is 1. The van der Waals surface area contributed by atoms with Crippen LogP contribution in [0.2, 0.25) is 0 Å². The predicted octanol–water partition coefficient (Wildman–Crippen LogP) is -3.69. The Hall–Kier alpha value is -3.59. The number of phenols is 1. The van der Waals surface area contributed by atoms with Crippen LogP contribution in [0.4, 0.5) is 5.69 Å². The summed E-state index contributed by atoms with van der Waals surface area (Å²) in [6, 6.07) is -1.13. The maximum absolute atomic E-state index is 13.2. The Morgan fingerprint density at radius 2 is 1.83 bits per heavy atom. The second-order valence-electron chi connectivity index (χ2n) is 8.14. The highest BCUT2D eigenvalue weighted by Crippen LogP contribution is 2.25. The van der Waals surface area contributed by atoms with E-state index < -0.39 is 78.8 Å². The molecule has 2 rings (SSSR count). The molecule has 14 nitrogen and oxygen atoms in total. The lowest BCUT2D eigenvalue weighted by atomic mass is 9.89. The number of nitrogens with two attached hydrogens (primary N) is 1. The number of aliphatic hydroxyl groups excluding tert-OH is 3. The number of amides is 4. The zero-order chi connectivity index (χ0) is 26.4. The Labute approximate surface area is 199 Å². The number of fused-ring (bicyclic) bond motifs is 1. The van der Waals surface area contributed by atoms with Crippen LogP contribution in [0.1, 0.15) is 24.2 Å². The molecule has 0 fully saturated rings. The number of carbonyl (C=O) groups excluding carboxylic acids is 5. The van der Waals surface area contributed by atoms with Crippen molar-refractivity contribution < 1.29 is 44.4 Å². The smallest absolute Gasteiger partial charge is 0.246 e. The molecule has 1 aromatic rings. The summed E-state index contributed by atoms with van der Waals surface area (Å²) >= 11 is 0. The quantitative estimate of drug-likeness (QED) is 0.199. The van der Waals surface area contributed by atoms with Gasteiger partial charge in [-0.1, -0.05) is 6.92 Å². The third-order valence-corrected chi connectivity index (χ3v) is 5.47. The number of carbonyl (C=O) groups is 5.